The van der Waals surface area contributed by atoms with Crippen molar-refractivity contribution in [2.75, 3.05) is 32.1 Å². The molecule has 94 valence electrons. The SMILES string of the molecule is CNCCCN(C)c1ccc(C(=O)O)c(C)n1. The fourth-order valence-electron chi connectivity index (χ4n) is 1.59. The first kappa shape index (κ1) is 13.4. The summed E-state index contributed by atoms with van der Waals surface area (Å²) in [5, 5.41) is 12.0. The van der Waals surface area contributed by atoms with E-state index in [2.05, 4.69) is 10.3 Å². The minimum absolute atomic E-state index is 0.261. The summed E-state index contributed by atoms with van der Waals surface area (Å²) in [4.78, 5) is 17.2. The van der Waals surface area contributed by atoms with Crippen LogP contribution in [0.25, 0.3) is 0 Å². The van der Waals surface area contributed by atoms with Gasteiger partial charge in [0.25, 0.3) is 0 Å². The maximum atomic E-state index is 10.9. The fourth-order valence-corrected chi connectivity index (χ4v) is 1.59. The number of aryl methyl sites for hydroxylation is 1. The third-order valence-corrected chi connectivity index (χ3v) is 2.61. The minimum atomic E-state index is -0.931. The van der Waals surface area contributed by atoms with E-state index >= 15 is 0 Å². The molecule has 1 aromatic rings. The third-order valence-electron chi connectivity index (χ3n) is 2.61. The van der Waals surface area contributed by atoms with Crippen molar-refractivity contribution >= 4 is 11.8 Å². The summed E-state index contributed by atoms with van der Waals surface area (Å²) < 4.78 is 0. The van der Waals surface area contributed by atoms with Crippen LogP contribution in [-0.2, 0) is 0 Å². The predicted octanol–water partition coefficient (Wildman–Crippen LogP) is 1.13. The molecule has 0 bridgehead atoms. The largest absolute Gasteiger partial charge is 0.478 e. The number of carboxylic acids is 1. The van der Waals surface area contributed by atoms with Crippen LogP contribution < -0.4 is 10.2 Å². The van der Waals surface area contributed by atoms with Crippen LogP contribution in [0.5, 0.6) is 0 Å². The summed E-state index contributed by atoms with van der Waals surface area (Å²) in [5.74, 6) is -0.122. The molecule has 0 aliphatic rings. The fraction of sp³-hybridized carbons (Fsp3) is 0.500. The maximum absolute atomic E-state index is 10.9. The molecule has 0 radical (unpaired) electrons. The van der Waals surface area contributed by atoms with E-state index in [0.29, 0.717) is 5.69 Å². The van der Waals surface area contributed by atoms with Crippen LogP contribution in [0.2, 0.25) is 0 Å². The van der Waals surface area contributed by atoms with Gasteiger partial charge in [-0.25, -0.2) is 9.78 Å². The topological polar surface area (TPSA) is 65.5 Å². The van der Waals surface area contributed by atoms with Gasteiger partial charge in [0, 0.05) is 13.6 Å². The summed E-state index contributed by atoms with van der Waals surface area (Å²) in [5.41, 5.74) is 0.813. The van der Waals surface area contributed by atoms with E-state index in [-0.39, 0.29) is 5.56 Å². The molecule has 0 atom stereocenters. The summed E-state index contributed by atoms with van der Waals surface area (Å²) in [7, 11) is 3.88. The van der Waals surface area contributed by atoms with Crippen LogP contribution in [0.3, 0.4) is 0 Å². The van der Waals surface area contributed by atoms with Crippen molar-refractivity contribution in [3.63, 3.8) is 0 Å². The molecule has 0 spiro atoms. The number of hydrogen-bond donors (Lipinski definition) is 2. The molecule has 1 aromatic heterocycles. The van der Waals surface area contributed by atoms with Gasteiger partial charge in [0.1, 0.15) is 5.82 Å². The lowest BCUT2D eigenvalue weighted by Gasteiger charge is -2.18. The van der Waals surface area contributed by atoms with Crippen molar-refractivity contribution in [1.82, 2.24) is 10.3 Å². The molecule has 0 aromatic carbocycles. The Morgan fingerprint density at radius 2 is 2.24 bits per heavy atom. The predicted molar refractivity (Wildman–Crippen MR) is 67.7 cm³/mol. The van der Waals surface area contributed by atoms with E-state index < -0.39 is 5.97 Å². The first-order valence-corrected chi connectivity index (χ1v) is 5.63. The minimum Gasteiger partial charge on any atom is -0.478 e. The smallest absolute Gasteiger partial charge is 0.337 e. The van der Waals surface area contributed by atoms with Gasteiger partial charge in [-0.05, 0) is 39.1 Å². The number of carboxylic acid groups (broad SMARTS) is 1. The molecular formula is C12H19N3O2. The number of aromatic carboxylic acids is 1. The Labute approximate surface area is 101 Å². The molecule has 1 heterocycles. The summed E-state index contributed by atoms with van der Waals surface area (Å²) in [6, 6.07) is 3.35. The molecule has 1 rings (SSSR count). The van der Waals surface area contributed by atoms with Gasteiger partial charge in [-0.15, -0.1) is 0 Å². The van der Waals surface area contributed by atoms with Gasteiger partial charge in [-0.1, -0.05) is 0 Å². The van der Waals surface area contributed by atoms with Gasteiger partial charge in [-0.2, -0.15) is 0 Å². The van der Waals surface area contributed by atoms with Crippen molar-refractivity contribution in [3.05, 3.63) is 23.4 Å². The quantitative estimate of drug-likeness (QED) is 0.726. The van der Waals surface area contributed by atoms with Crippen molar-refractivity contribution in [2.24, 2.45) is 0 Å². The lowest BCUT2D eigenvalue weighted by Crippen LogP contribution is -2.23. The number of carbonyl (C=O) groups is 1. The van der Waals surface area contributed by atoms with Crippen molar-refractivity contribution in [2.45, 2.75) is 13.3 Å². The molecule has 0 aliphatic heterocycles. The average molecular weight is 237 g/mol. The number of nitrogens with one attached hydrogen (secondary N) is 1. The molecule has 5 nitrogen and oxygen atoms in total. The number of rotatable bonds is 6. The molecule has 0 saturated carbocycles. The van der Waals surface area contributed by atoms with E-state index in [1.54, 1.807) is 19.1 Å². The average Bonchev–Trinajstić information content (AvgIpc) is 2.28. The van der Waals surface area contributed by atoms with Crippen LogP contribution in [0.1, 0.15) is 22.5 Å². The van der Waals surface area contributed by atoms with Crippen LogP contribution in [0.15, 0.2) is 12.1 Å². The Hall–Kier alpha value is -1.62. The lowest BCUT2D eigenvalue weighted by molar-refractivity contribution is 0.0695. The number of hydrogen-bond acceptors (Lipinski definition) is 4. The Kier molecular flexibility index (Phi) is 4.90. The molecule has 0 aliphatic carbocycles. The summed E-state index contributed by atoms with van der Waals surface area (Å²) >= 11 is 0. The maximum Gasteiger partial charge on any atom is 0.337 e. The van der Waals surface area contributed by atoms with Crippen molar-refractivity contribution in [3.8, 4) is 0 Å². The highest BCUT2D eigenvalue weighted by Gasteiger charge is 2.10. The Morgan fingerprint density at radius 3 is 2.76 bits per heavy atom. The monoisotopic (exact) mass is 237 g/mol. The zero-order chi connectivity index (χ0) is 12.8. The molecule has 5 heteroatoms. The second-order valence-corrected chi connectivity index (χ2v) is 3.99. The van der Waals surface area contributed by atoms with Gasteiger partial charge in [0.2, 0.25) is 0 Å². The molecule has 0 amide bonds. The highest BCUT2D eigenvalue weighted by Crippen LogP contribution is 2.13. The normalized spacial score (nSPS) is 10.3. The molecule has 0 saturated heterocycles. The molecule has 0 fully saturated rings. The van der Waals surface area contributed by atoms with E-state index in [9.17, 15) is 4.79 Å². The van der Waals surface area contributed by atoms with Crippen LogP contribution in [0, 0.1) is 6.92 Å². The van der Waals surface area contributed by atoms with Gasteiger partial charge >= 0.3 is 5.97 Å². The molecular weight excluding hydrogens is 218 g/mol. The number of anilines is 1. The third kappa shape index (κ3) is 3.71. The first-order valence-electron chi connectivity index (χ1n) is 5.63. The van der Waals surface area contributed by atoms with Crippen molar-refractivity contribution < 1.29 is 9.90 Å². The molecule has 2 N–H and O–H groups in total. The summed E-state index contributed by atoms with van der Waals surface area (Å²) in [6.07, 6.45) is 1.02. The highest BCUT2D eigenvalue weighted by molar-refractivity contribution is 5.89. The van der Waals surface area contributed by atoms with Crippen molar-refractivity contribution in [1.29, 1.82) is 0 Å². The first-order chi connectivity index (χ1) is 8.06. The summed E-state index contributed by atoms with van der Waals surface area (Å²) in [6.45, 7) is 3.56. The number of nitrogens with zero attached hydrogens (tertiary/aromatic N) is 2. The number of aromatic nitrogens is 1. The van der Waals surface area contributed by atoms with Gasteiger partial charge in [0.05, 0.1) is 11.3 Å². The van der Waals surface area contributed by atoms with E-state index in [4.69, 9.17) is 5.11 Å². The Morgan fingerprint density at radius 1 is 1.53 bits per heavy atom. The second kappa shape index (κ2) is 6.20. The Bertz CT molecular complexity index is 393. The molecule has 0 unspecified atom stereocenters. The second-order valence-electron chi connectivity index (χ2n) is 3.99. The van der Waals surface area contributed by atoms with Gasteiger partial charge in [-0.3, -0.25) is 0 Å². The zero-order valence-electron chi connectivity index (χ0n) is 10.5. The highest BCUT2D eigenvalue weighted by atomic mass is 16.4. The van der Waals surface area contributed by atoms with Gasteiger partial charge in [0.15, 0.2) is 0 Å². The standard InChI is InChI=1S/C12H19N3O2/c1-9-10(12(16)17)5-6-11(14-9)15(3)8-4-7-13-2/h5-6,13H,4,7-8H2,1-3H3,(H,16,17). The van der Waals surface area contributed by atoms with Crippen LogP contribution in [0.4, 0.5) is 5.82 Å². The lowest BCUT2D eigenvalue weighted by atomic mass is 10.2. The van der Waals surface area contributed by atoms with E-state index in [1.807, 2.05) is 19.0 Å². The van der Waals surface area contributed by atoms with Crippen LogP contribution in [-0.4, -0.2) is 43.2 Å². The van der Waals surface area contributed by atoms with Crippen LogP contribution >= 0.6 is 0 Å². The zero-order valence-corrected chi connectivity index (χ0v) is 10.5. The van der Waals surface area contributed by atoms with E-state index in [0.717, 1.165) is 25.3 Å². The van der Waals surface area contributed by atoms with Gasteiger partial charge < -0.3 is 15.3 Å². The number of pyridine rings is 1. The Balaban J connectivity index is 2.72. The molecule has 17 heavy (non-hydrogen) atoms. The van der Waals surface area contributed by atoms with E-state index in [1.165, 1.54) is 0 Å².